The van der Waals surface area contributed by atoms with Gasteiger partial charge in [0.2, 0.25) is 0 Å². The third-order valence-electron chi connectivity index (χ3n) is 10.9. The quantitative estimate of drug-likeness (QED) is 0.154. The molecule has 0 bridgehead atoms. The maximum atomic E-state index is 7.15. The van der Waals surface area contributed by atoms with Crippen LogP contribution < -0.4 is 9.64 Å². The van der Waals surface area contributed by atoms with Gasteiger partial charge in [0.05, 0.1) is 5.92 Å². The van der Waals surface area contributed by atoms with Crippen molar-refractivity contribution in [1.82, 2.24) is 0 Å². The summed E-state index contributed by atoms with van der Waals surface area (Å²) in [5.41, 5.74) is 11.7. The molecule has 0 fully saturated rings. The summed E-state index contributed by atoms with van der Waals surface area (Å²) in [5.74, 6) is 1.03. The van der Waals surface area contributed by atoms with Crippen LogP contribution in [0.5, 0.6) is 5.75 Å². The lowest BCUT2D eigenvalue weighted by atomic mass is 9.82. The molecule has 0 saturated carbocycles. The van der Waals surface area contributed by atoms with Crippen LogP contribution in [0.1, 0.15) is 28.7 Å². The van der Waals surface area contributed by atoms with E-state index in [9.17, 15) is 0 Å². The lowest BCUT2D eigenvalue weighted by Gasteiger charge is -2.27. The molecule has 10 rings (SSSR count). The molecule has 0 radical (unpaired) electrons. The molecule has 1 aliphatic heterocycles. The highest BCUT2D eigenvalue weighted by molar-refractivity contribution is 6.13. The maximum absolute atomic E-state index is 7.15. The lowest BCUT2D eigenvalue weighted by molar-refractivity contribution is 0.225. The smallest absolute Gasteiger partial charge is 0.135 e. The average molecular weight is 692 g/mol. The van der Waals surface area contributed by atoms with Gasteiger partial charge in [-0.15, -0.1) is 0 Å². The number of anilines is 3. The summed E-state index contributed by atoms with van der Waals surface area (Å²) in [6, 6.07) is 76.2. The van der Waals surface area contributed by atoms with Crippen molar-refractivity contribution in [2.45, 2.75) is 12.0 Å². The van der Waals surface area contributed by atoms with Crippen LogP contribution in [0.3, 0.4) is 0 Å². The molecule has 9 aromatic rings. The molecule has 2 unspecified atom stereocenters. The summed E-state index contributed by atoms with van der Waals surface area (Å²) in [7, 11) is 0. The number of benzene rings is 9. The van der Waals surface area contributed by atoms with E-state index in [0.717, 1.165) is 33.8 Å². The van der Waals surface area contributed by atoms with E-state index in [-0.39, 0.29) is 12.0 Å². The third-order valence-corrected chi connectivity index (χ3v) is 10.9. The number of hydrogen-bond acceptors (Lipinski definition) is 2. The van der Waals surface area contributed by atoms with Crippen LogP contribution in [0.15, 0.2) is 212 Å². The second-order valence-electron chi connectivity index (χ2n) is 14.0. The van der Waals surface area contributed by atoms with Crippen molar-refractivity contribution in [3.63, 3.8) is 0 Å². The number of nitrogens with zero attached hydrogens (tertiary/aromatic N) is 1. The highest BCUT2D eigenvalue weighted by atomic mass is 16.5. The molecule has 256 valence electrons. The standard InChI is InChI=1S/C52H37NO/c1-4-14-36(15-5-1)38-24-30-42(31-25-38)53(43-32-26-39(27-33-43)37-16-6-2-7-17-37)44-34-28-41(29-35-44)51-49(40-18-8-3-9-19-40)50-47-22-12-10-20-45(47)46-21-11-13-23-48(46)52(50)54-51/h1-35,49,51H. The summed E-state index contributed by atoms with van der Waals surface area (Å²) in [6.07, 6.45) is -0.186. The molecule has 0 aromatic heterocycles. The van der Waals surface area contributed by atoms with Gasteiger partial charge in [-0.25, -0.2) is 0 Å². The van der Waals surface area contributed by atoms with Gasteiger partial charge in [0.1, 0.15) is 11.9 Å². The molecule has 1 heterocycles. The van der Waals surface area contributed by atoms with Crippen LogP contribution in [0.2, 0.25) is 0 Å². The summed E-state index contributed by atoms with van der Waals surface area (Å²) in [5, 5.41) is 4.90. The van der Waals surface area contributed by atoms with Gasteiger partial charge in [0.15, 0.2) is 0 Å². The van der Waals surface area contributed by atoms with Crippen molar-refractivity contribution in [3.05, 3.63) is 229 Å². The zero-order valence-corrected chi connectivity index (χ0v) is 29.7. The van der Waals surface area contributed by atoms with Gasteiger partial charge in [-0.3, -0.25) is 0 Å². The zero-order chi connectivity index (χ0) is 35.8. The second-order valence-corrected chi connectivity index (χ2v) is 14.0. The molecule has 0 amide bonds. The van der Waals surface area contributed by atoms with Crippen LogP contribution in [0.4, 0.5) is 17.1 Å². The Morgan fingerprint density at radius 3 is 1.22 bits per heavy atom. The Hall–Kier alpha value is -6.90. The lowest BCUT2D eigenvalue weighted by Crippen LogP contribution is -2.13. The van der Waals surface area contributed by atoms with E-state index in [1.807, 2.05) is 0 Å². The zero-order valence-electron chi connectivity index (χ0n) is 29.7. The molecule has 0 aliphatic carbocycles. The maximum Gasteiger partial charge on any atom is 0.135 e. The SMILES string of the molecule is c1ccc(-c2ccc(N(c3ccc(-c4ccccc4)cc3)c3ccc(C4Oc5c(c6ccccc6c6ccccc56)C4c4ccccc4)cc3)cc2)cc1. The number of hydrogen-bond donors (Lipinski definition) is 0. The molecular formula is C52H37NO. The largest absolute Gasteiger partial charge is 0.484 e. The Morgan fingerprint density at radius 2 is 0.704 bits per heavy atom. The normalized spacial score (nSPS) is 14.8. The van der Waals surface area contributed by atoms with Crippen LogP contribution >= 0.6 is 0 Å². The van der Waals surface area contributed by atoms with E-state index in [1.165, 1.54) is 49.5 Å². The molecule has 2 nitrogen and oxygen atoms in total. The molecule has 54 heavy (non-hydrogen) atoms. The van der Waals surface area contributed by atoms with E-state index >= 15 is 0 Å². The average Bonchev–Trinajstić information content (AvgIpc) is 3.67. The summed E-state index contributed by atoms with van der Waals surface area (Å²) in [6.45, 7) is 0. The topological polar surface area (TPSA) is 12.5 Å². The molecule has 2 atom stereocenters. The van der Waals surface area contributed by atoms with Gasteiger partial charge >= 0.3 is 0 Å². The van der Waals surface area contributed by atoms with Gasteiger partial charge < -0.3 is 9.64 Å². The van der Waals surface area contributed by atoms with Crippen molar-refractivity contribution in [2.75, 3.05) is 4.90 Å². The van der Waals surface area contributed by atoms with Crippen molar-refractivity contribution in [3.8, 4) is 28.0 Å². The van der Waals surface area contributed by atoms with E-state index < -0.39 is 0 Å². The fourth-order valence-corrected chi connectivity index (χ4v) is 8.31. The van der Waals surface area contributed by atoms with E-state index in [2.05, 4.69) is 217 Å². The minimum atomic E-state index is -0.186. The Bertz CT molecular complexity index is 2620. The first kappa shape index (κ1) is 31.8. The van der Waals surface area contributed by atoms with Gasteiger partial charge in [-0.2, -0.15) is 0 Å². The Labute approximate surface area is 316 Å². The van der Waals surface area contributed by atoms with Crippen LogP contribution in [-0.2, 0) is 0 Å². The van der Waals surface area contributed by atoms with E-state index in [4.69, 9.17) is 4.74 Å². The summed E-state index contributed by atoms with van der Waals surface area (Å²) < 4.78 is 7.15. The molecule has 1 aliphatic rings. The first-order valence-electron chi connectivity index (χ1n) is 18.7. The summed E-state index contributed by atoms with van der Waals surface area (Å²) in [4.78, 5) is 2.34. The molecule has 0 spiro atoms. The van der Waals surface area contributed by atoms with Crippen molar-refractivity contribution in [1.29, 1.82) is 0 Å². The van der Waals surface area contributed by atoms with E-state index in [1.54, 1.807) is 0 Å². The predicted molar refractivity (Wildman–Crippen MR) is 225 cm³/mol. The third kappa shape index (κ3) is 5.60. The first-order chi connectivity index (χ1) is 26.8. The van der Waals surface area contributed by atoms with Gasteiger partial charge in [0.25, 0.3) is 0 Å². The van der Waals surface area contributed by atoms with Gasteiger partial charge in [-0.1, -0.05) is 176 Å². The molecule has 0 N–H and O–H groups in total. The number of rotatable bonds is 7. The highest BCUT2D eigenvalue weighted by Crippen LogP contribution is 2.55. The predicted octanol–water partition coefficient (Wildman–Crippen LogP) is 14.1. The van der Waals surface area contributed by atoms with Crippen LogP contribution in [0, 0.1) is 0 Å². The molecule has 9 aromatic carbocycles. The monoisotopic (exact) mass is 691 g/mol. The Balaban J connectivity index is 1.07. The van der Waals surface area contributed by atoms with Crippen LogP contribution in [-0.4, -0.2) is 0 Å². The first-order valence-corrected chi connectivity index (χ1v) is 18.7. The highest BCUT2D eigenvalue weighted by Gasteiger charge is 2.39. The van der Waals surface area contributed by atoms with Crippen molar-refractivity contribution >= 4 is 38.6 Å². The van der Waals surface area contributed by atoms with Gasteiger partial charge in [-0.05, 0) is 85.9 Å². The van der Waals surface area contributed by atoms with E-state index in [0.29, 0.717) is 0 Å². The minimum Gasteiger partial charge on any atom is -0.484 e. The Kier molecular flexibility index (Phi) is 8.00. The van der Waals surface area contributed by atoms with Crippen LogP contribution in [0.25, 0.3) is 43.8 Å². The van der Waals surface area contributed by atoms with Crippen molar-refractivity contribution < 1.29 is 4.74 Å². The molecular weight excluding hydrogens is 655 g/mol. The fraction of sp³-hybridized carbons (Fsp3) is 0.0385. The van der Waals surface area contributed by atoms with Crippen molar-refractivity contribution in [2.24, 2.45) is 0 Å². The molecule has 2 heteroatoms. The molecule has 0 saturated heterocycles. The Morgan fingerprint density at radius 1 is 0.315 bits per heavy atom. The second kappa shape index (κ2) is 13.6. The van der Waals surface area contributed by atoms with Gasteiger partial charge in [0, 0.05) is 28.0 Å². The number of fused-ring (bicyclic) bond motifs is 6. The fourth-order valence-electron chi connectivity index (χ4n) is 8.31. The minimum absolute atomic E-state index is 0.0359. The number of ether oxygens (including phenoxy) is 1. The summed E-state index contributed by atoms with van der Waals surface area (Å²) >= 11 is 0.